The quantitative estimate of drug-likeness (QED) is 0.612. The number of esters is 1. The molecule has 2 aromatic carbocycles. The molecular formula is C19H21NO3S. The minimum atomic E-state index is -0.428. The standard InChI is InChI=1S/C19H21NO3S/c1-13-5-8-16(18(21)20(2)3)11-17(13)23-19(22)15-9-6-14(7-10-15)12-24-4/h5-11H,12H2,1-4H3. The fourth-order valence-electron chi connectivity index (χ4n) is 2.16. The summed E-state index contributed by atoms with van der Waals surface area (Å²) in [5.74, 6) is 0.751. The maximum Gasteiger partial charge on any atom is 0.343 e. The molecule has 0 atom stereocenters. The summed E-state index contributed by atoms with van der Waals surface area (Å²) in [7, 11) is 3.37. The van der Waals surface area contributed by atoms with Crippen LogP contribution in [0.5, 0.6) is 5.75 Å². The van der Waals surface area contributed by atoms with Crippen molar-refractivity contribution in [3.8, 4) is 5.75 Å². The summed E-state index contributed by atoms with van der Waals surface area (Å²) in [6, 6.07) is 12.5. The van der Waals surface area contributed by atoms with Crippen LogP contribution in [-0.4, -0.2) is 37.1 Å². The molecule has 0 spiro atoms. The van der Waals surface area contributed by atoms with E-state index in [1.54, 1.807) is 56.2 Å². The molecule has 0 aliphatic heterocycles. The molecular weight excluding hydrogens is 322 g/mol. The summed E-state index contributed by atoms with van der Waals surface area (Å²) in [6.45, 7) is 1.84. The molecule has 5 heteroatoms. The van der Waals surface area contributed by atoms with E-state index in [2.05, 4.69) is 0 Å². The summed E-state index contributed by atoms with van der Waals surface area (Å²) in [4.78, 5) is 25.9. The first-order valence-electron chi connectivity index (χ1n) is 7.54. The number of aryl methyl sites for hydroxylation is 1. The Bertz CT molecular complexity index is 739. The van der Waals surface area contributed by atoms with Gasteiger partial charge in [0.15, 0.2) is 0 Å². The number of hydrogen-bond acceptors (Lipinski definition) is 4. The molecule has 0 bridgehead atoms. The zero-order valence-corrected chi connectivity index (χ0v) is 15.1. The summed E-state index contributed by atoms with van der Waals surface area (Å²) in [5, 5.41) is 0. The van der Waals surface area contributed by atoms with E-state index in [4.69, 9.17) is 4.74 Å². The smallest absolute Gasteiger partial charge is 0.343 e. The summed E-state index contributed by atoms with van der Waals surface area (Å²) < 4.78 is 5.49. The minimum absolute atomic E-state index is 0.131. The molecule has 0 saturated carbocycles. The van der Waals surface area contributed by atoms with Crippen LogP contribution in [0.15, 0.2) is 42.5 Å². The van der Waals surface area contributed by atoms with E-state index in [1.807, 2.05) is 25.3 Å². The van der Waals surface area contributed by atoms with Crippen molar-refractivity contribution in [2.45, 2.75) is 12.7 Å². The van der Waals surface area contributed by atoms with Gasteiger partial charge in [-0.05, 0) is 48.6 Å². The van der Waals surface area contributed by atoms with E-state index in [9.17, 15) is 9.59 Å². The first-order valence-corrected chi connectivity index (χ1v) is 8.94. The van der Waals surface area contributed by atoms with Crippen molar-refractivity contribution in [1.29, 1.82) is 0 Å². The first-order chi connectivity index (χ1) is 11.4. The van der Waals surface area contributed by atoms with Crippen LogP contribution in [-0.2, 0) is 5.75 Å². The molecule has 0 aromatic heterocycles. The average Bonchev–Trinajstić information content (AvgIpc) is 2.57. The highest BCUT2D eigenvalue weighted by Gasteiger charge is 2.14. The number of carbonyl (C=O) groups is 2. The Kier molecular flexibility index (Phi) is 6.04. The molecule has 0 radical (unpaired) electrons. The van der Waals surface area contributed by atoms with Crippen molar-refractivity contribution < 1.29 is 14.3 Å². The third-order valence-corrected chi connectivity index (χ3v) is 4.17. The number of hydrogen-bond donors (Lipinski definition) is 0. The zero-order valence-electron chi connectivity index (χ0n) is 14.3. The number of carbonyl (C=O) groups excluding carboxylic acids is 2. The van der Waals surface area contributed by atoms with E-state index in [-0.39, 0.29) is 5.91 Å². The first kappa shape index (κ1) is 18.1. The van der Waals surface area contributed by atoms with Gasteiger partial charge in [-0.3, -0.25) is 4.79 Å². The second-order valence-electron chi connectivity index (χ2n) is 5.70. The van der Waals surface area contributed by atoms with Crippen molar-refractivity contribution in [2.24, 2.45) is 0 Å². The third-order valence-electron chi connectivity index (χ3n) is 3.54. The minimum Gasteiger partial charge on any atom is -0.423 e. The lowest BCUT2D eigenvalue weighted by Crippen LogP contribution is -2.21. The Morgan fingerprint density at radius 3 is 2.25 bits per heavy atom. The number of thioether (sulfide) groups is 1. The second-order valence-corrected chi connectivity index (χ2v) is 6.57. The topological polar surface area (TPSA) is 46.6 Å². The monoisotopic (exact) mass is 343 g/mol. The van der Waals surface area contributed by atoms with Gasteiger partial charge >= 0.3 is 5.97 Å². The fraction of sp³-hybridized carbons (Fsp3) is 0.263. The van der Waals surface area contributed by atoms with Crippen LogP contribution in [0.25, 0.3) is 0 Å². The number of benzene rings is 2. The van der Waals surface area contributed by atoms with Gasteiger partial charge in [0.1, 0.15) is 5.75 Å². The zero-order chi connectivity index (χ0) is 17.7. The lowest BCUT2D eigenvalue weighted by Gasteiger charge is -2.13. The number of nitrogens with zero attached hydrogens (tertiary/aromatic N) is 1. The Labute approximate surface area is 146 Å². The van der Waals surface area contributed by atoms with Crippen molar-refractivity contribution >= 4 is 23.6 Å². The molecule has 126 valence electrons. The lowest BCUT2D eigenvalue weighted by atomic mass is 10.1. The maximum absolute atomic E-state index is 12.3. The van der Waals surface area contributed by atoms with Crippen LogP contribution in [0.3, 0.4) is 0 Å². The molecule has 0 saturated heterocycles. The average molecular weight is 343 g/mol. The van der Waals surface area contributed by atoms with Crippen LogP contribution < -0.4 is 4.74 Å². The van der Waals surface area contributed by atoms with E-state index >= 15 is 0 Å². The van der Waals surface area contributed by atoms with Gasteiger partial charge in [0.2, 0.25) is 0 Å². The van der Waals surface area contributed by atoms with E-state index in [0.29, 0.717) is 16.9 Å². The van der Waals surface area contributed by atoms with E-state index in [1.165, 1.54) is 4.90 Å². The van der Waals surface area contributed by atoms with Crippen molar-refractivity contribution in [3.63, 3.8) is 0 Å². The van der Waals surface area contributed by atoms with Gasteiger partial charge in [-0.2, -0.15) is 11.8 Å². The van der Waals surface area contributed by atoms with Gasteiger partial charge in [0, 0.05) is 25.4 Å². The molecule has 0 heterocycles. The van der Waals surface area contributed by atoms with Gasteiger partial charge < -0.3 is 9.64 Å². The fourth-order valence-corrected chi connectivity index (χ4v) is 2.69. The van der Waals surface area contributed by atoms with Gasteiger partial charge in [-0.1, -0.05) is 18.2 Å². The Hall–Kier alpha value is -2.27. The highest BCUT2D eigenvalue weighted by molar-refractivity contribution is 7.97. The predicted octanol–water partition coefficient (Wildman–Crippen LogP) is 3.78. The van der Waals surface area contributed by atoms with Crippen molar-refractivity contribution in [1.82, 2.24) is 4.90 Å². The molecule has 0 N–H and O–H groups in total. The Morgan fingerprint density at radius 1 is 1.04 bits per heavy atom. The van der Waals surface area contributed by atoms with Crippen LogP contribution in [0.4, 0.5) is 0 Å². The van der Waals surface area contributed by atoms with E-state index < -0.39 is 5.97 Å². The van der Waals surface area contributed by atoms with Gasteiger partial charge in [0.05, 0.1) is 5.56 Å². The van der Waals surface area contributed by atoms with Gasteiger partial charge in [-0.15, -0.1) is 0 Å². The van der Waals surface area contributed by atoms with Gasteiger partial charge in [0.25, 0.3) is 5.91 Å². The predicted molar refractivity (Wildman–Crippen MR) is 97.8 cm³/mol. The Morgan fingerprint density at radius 2 is 1.67 bits per heavy atom. The van der Waals surface area contributed by atoms with Crippen molar-refractivity contribution in [3.05, 3.63) is 64.7 Å². The molecule has 0 unspecified atom stereocenters. The summed E-state index contributed by atoms with van der Waals surface area (Å²) in [5.41, 5.74) is 2.94. The van der Waals surface area contributed by atoms with Crippen molar-refractivity contribution in [2.75, 3.05) is 20.4 Å². The van der Waals surface area contributed by atoms with Crippen LogP contribution in [0, 0.1) is 6.92 Å². The summed E-state index contributed by atoms with van der Waals surface area (Å²) in [6.07, 6.45) is 2.03. The van der Waals surface area contributed by atoms with Gasteiger partial charge in [-0.25, -0.2) is 4.79 Å². The molecule has 0 aliphatic rings. The maximum atomic E-state index is 12.3. The molecule has 0 fully saturated rings. The lowest BCUT2D eigenvalue weighted by molar-refractivity contribution is 0.0730. The van der Waals surface area contributed by atoms with Crippen LogP contribution in [0.2, 0.25) is 0 Å². The molecule has 2 rings (SSSR count). The molecule has 2 aromatic rings. The SMILES string of the molecule is CSCc1ccc(C(=O)Oc2cc(C(=O)N(C)C)ccc2C)cc1. The van der Waals surface area contributed by atoms with Crippen LogP contribution in [0.1, 0.15) is 31.8 Å². The highest BCUT2D eigenvalue weighted by atomic mass is 32.2. The third kappa shape index (κ3) is 4.38. The van der Waals surface area contributed by atoms with E-state index in [0.717, 1.165) is 16.9 Å². The molecule has 24 heavy (non-hydrogen) atoms. The number of ether oxygens (including phenoxy) is 1. The normalized spacial score (nSPS) is 10.3. The summed E-state index contributed by atoms with van der Waals surface area (Å²) >= 11 is 1.73. The molecule has 1 amide bonds. The number of amides is 1. The highest BCUT2D eigenvalue weighted by Crippen LogP contribution is 2.22. The molecule has 4 nitrogen and oxygen atoms in total. The number of rotatable bonds is 5. The van der Waals surface area contributed by atoms with Crippen LogP contribution >= 0.6 is 11.8 Å². The second kappa shape index (κ2) is 8.02. The molecule has 0 aliphatic carbocycles. The largest absolute Gasteiger partial charge is 0.423 e. The Balaban J connectivity index is 2.19.